The van der Waals surface area contributed by atoms with Gasteiger partial charge in [-0.1, -0.05) is 41.4 Å². The molecule has 1 heterocycles. The number of benzene rings is 2. The van der Waals surface area contributed by atoms with Gasteiger partial charge in [-0.25, -0.2) is 4.98 Å². The smallest absolute Gasteiger partial charge is 0.0958 e. The van der Waals surface area contributed by atoms with Crippen molar-refractivity contribution in [3.05, 3.63) is 64.4 Å². The third-order valence-corrected chi connectivity index (χ3v) is 4.04. The Morgan fingerprint density at radius 2 is 1.95 bits per heavy atom. The van der Waals surface area contributed by atoms with E-state index >= 15 is 0 Å². The Hall–Kier alpha value is -1.55. The van der Waals surface area contributed by atoms with Gasteiger partial charge in [0.15, 0.2) is 0 Å². The van der Waals surface area contributed by atoms with E-state index in [4.69, 9.17) is 28.9 Å². The van der Waals surface area contributed by atoms with Crippen LogP contribution in [0.4, 0.5) is 0 Å². The quantitative estimate of drug-likeness (QED) is 0.792. The van der Waals surface area contributed by atoms with Crippen LogP contribution in [-0.2, 0) is 13.0 Å². The van der Waals surface area contributed by atoms with E-state index < -0.39 is 0 Å². The van der Waals surface area contributed by atoms with Gasteiger partial charge in [-0.05, 0) is 36.2 Å². The molecule has 0 fully saturated rings. The number of rotatable bonds is 4. The highest BCUT2D eigenvalue weighted by molar-refractivity contribution is 6.35. The third-order valence-electron chi connectivity index (χ3n) is 3.46. The van der Waals surface area contributed by atoms with Gasteiger partial charge < -0.3 is 10.3 Å². The average Bonchev–Trinajstić information content (AvgIpc) is 2.85. The van der Waals surface area contributed by atoms with Gasteiger partial charge in [-0.2, -0.15) is 0 Å². The summed E-state index contributed by atoms with van der Waals surface area (Å²) in [6.07, 6.45) is 2.52. The fourth-order valence-corrected chi connectivity index (χ4v) is 2.93. The van der Waals surface area contributed by atoms with E-state index in [2.05, 4.69) is 9.55 Å². The Bertz CT molecular complexity index is 767. The normalized spacial score (nSPS) is 12.7. The number of imidazole rings is 1. The maximum absolute atomic E-state index is 6.25. The van der Waals surface area contributed by atoms with Crippen molar-refractivity contribution in [3.63, 3.8) is 0 Å². The maximum Gasteiger partial charge on any atom is 0.0958 e. The Labute approximate surface area is 133 Å². The second-order valence-corrected chi connectivity index (χ2v) is 5.93. The van der Waals surface area contributed by atoms with Crippen molar-refractivity contribution in [2.45, 2.75) is 19.0 Å². The number of nitrogens with two attached hydrogens (primary N) is 1. The van der Waals surface area contributed by atoms with Crippen LogP contribution in [0, 0.1) is 0 Å². The van der Waals surface area contributed by atoms with E-state index in [0.717, 1.165) is 16.6 Å². The minimum atomic E-state index is -0.0405. The van der Waals surface area contributed by atoms with Crippen LogP contribution in [-0.4, -0.2) is 15.6 Å². The highest BCUT2D eigenvalue weighted by Crippen LogP contribution is 2.22. The van der Waals surface area contributed by atoms with Crippen LogP contribution in [0.15, 0.2) is 48.8 Å². The van der Waals surface area contributed by atoms with Crippen LogP contribution < -0.4 is 5.73 Å². The fourth-order valence-electron chi connectivity index (χ4n) is 2.44. The number of aromatic nitrogens is 2. The van der Waals surface area contributed by atoms with Crippen LogP contribution in [0.3, 0.4) is 0 Å². The summed E-state index contributed by atoms with van der Waals surface area (Å²) in [6, 6.07) is 13.5. The van der Waals surface area contributed by atoms with Crippen molar-refractivity contribution in [3.8, 4) is 0 Å². The Kier molecular flexibility index (Phi) is 4.15. The van der Waals surface area contributed by atoms with Gasteiger partial charge in [0.1, 0.15) is 0 Å². The minimum Gasteiger partial charge on any atom is -0.329 e. The molecule has 1 unspecified atom stereocenters. The number of hydrogen-bond donors (Lipinski definition) is 1. The van der Waals surface area contributed by atoms with Gasteiger partial charge >= 0.3 is 0 Å². The Morgan fingerprint density at radius 1 is 1.14 bits per heavy atom. The zero-order valence-corrected chi connectivity index (χ0v) is 12.8. The lowest BCUT2D eigenvalue weighted by molar-refractivity contribution is 0.559. The molecule has 0 spiro atoms. The first kappa shape index (κ1) is 14.4. The van der Waals surface area contributed by atoms with Crippen molar-refractivity contribution >= 4 is 34.2 Å². The summed E-state index contributed by atoms with van der Waals surface area (Å²) in [4.78, 5) is 4.37. The predicted molar refractivity (Wildman–Crippen MR) is 87.9 cm³/mol. The number of halogens is 2. The monoisotopic (exact) mass is 319 g/mol. The summed E-state index contributed by atoms with van der Waals surface area (Å²) in [5, 5.41) is 1.30. The van der Waals surface area contributed by atoms with E-state index in [-0.39, 0.29) is 6.04 Å². The number of hydrogen-bond acceptors (Lipinski definition) is 2. The van der Waals surface area contributed by atoms with Crippen LogP contribution in [0.2, 0.25) is 10.0 Å². The highest BCUT2D eigenvalue weighted by Gasteiger charge is 2.10. The van der Waals surface area contributed by atoms with Crippen molar-refractivity contribution in [1.82, 2.24) is 9.55 Å². The molecule has 21 heavy (non-hydrogen) atoms. The molecule has 3 aromatic rings. The molecule has 0 saturated carbocycles. The molecule has 5 heteroatoms. The Balaban J connectivity index is 1.75. The summed E-state index contributed by atoms with van der Waals surface area (Å²) >= 11 is 12.1. The van der Waals surface area contributed by atoms with Crippen LogP contribution in [0.25, 0.3) is 11.0 Å². The van der Waals surface area contributed by atoms with Gasteiger partial charge in [0.05, 0.1) is 17.4 Å². The van der Waals surface area contributed by atoms with Crippen LogP contribution in [0.1, 0.15) is 5.56 Å². The first-order valence-electron chi connectivity index (χ1n) is 6.73. The van der Waals surface area contributed by atoms with E-state index in [9.17, 15) is 0 Å². The van der Waals surface area contributed by atoms with Gasteiger partial charge in [0, 0.05) is 22.6 Å². The zero-order chi connectivity index (χ0) is 14.8. The second-order valence-electron chi connectivity index (χ2n) is 5.09. The van der Waals surface area contributed by atoms with E-state index in [1.807, 2.05) is 42.7 Å². The van der Waals surface area contributed by atoms with E-state index in [0.29, 0.717) is 23.0 Å². The maximum atomic E-state index is 6.25. The summed E-state index contributed by atoms with van der Waals surface area (Å²) in [5.74, 6) is 0. The summed E-state index contributed by atoms with van der Waals surface area (Å²) in [7, 11) is 0. The summed E-state index contributed by atoms with van der Waals surface area (Å²) < 4.78 is 2.07. The molecule has 0 radical (unpaired) electrons. The molecule has 0 aliphatic heterocycles. The van der Waals surface area contributed by atoms with Crippen molar-refractivity contribution < 1.29 is 0 Å². The molecule has 0 saturated heterocycles. The van der Waals surface area contributed by atoms with Crippen molar-refractivity contribution in [2.24, 2.45) is 5.73 Å². The molecule has 0 aliphatic rings. The molecule has 1 aromatic heterocycles. The lowest BCUT2D eigenvalue weighted by atomic mass is 10.1. The summed E-state index contributed by atoms with van der Waals surface area (Å²) in [5.41, 5.74) is 9.34. The van der Waals surface area contributed by atoms with E-state index in [1.165, 1.54) is 0 Å². The van der Waals surface area contributed by atoms with E-state index in [1.54, 1.807) is 6.07 Å². The Morgan fingerprint density at radius 3 is 2.76 bits per heavy atom. The summed E-state index contributed by atoms with van der Waals surface area (Å²) in [6.45, 7) is 0.694. The lowest BCUT2D eigenvalue weighted by Crippen LogP contribution is -2.28. The first-order chi connectivity index (χ1) is 10.1. The highest BCUT2D eigenvalue weighted by atomic mass is 35.5. The van der Waals surface area contributed by atoms with Crippen molar-refractivity contribution in [2.75, 3.05) is 0 Å². The largest absolute Gasteiger partial charge is 0.329 e. The SMILES string of the molecule is NC(Cc1ccc(Cl)cc1Cl)Cn1cnc2ccccc21. The topological polar surface area (TPSA) is 43.8 Å². The molecule has 3 rings (SSSR count). The van der Waals surface area contributed by atoms with Crippen molar-refractivity contribution in [1.29, 1.82) is 0 Å². The third kappa shape index (κ3) is 3.21. The first-order valence-corrected chi connectivity index (χ1v) is 7.48. The molecule has 0 bridgehead atoms. The zero-order valence-electron chi connectivity index (χ0n) is 11.3. The van der Waals surface area contributed by atoms with Gasteiger partial charge in [-0.15, -0.1) is 0 Å². The fraction of sp³-hybridized carbons (Fsp3) is 0.188. The lowest BCUT2D eigenvalue weighted by Gasteiger charge is -2.14. The minimum absolute atomic E-state index is 0.0405. The van der Waals surface area contributed by atoms with Gasteiger partial charge in [0.25, 0.3) is 0 Å². The molecule has 108 valence electrons. The number of nitrogens with zero attached hydrogens (tertiary/aromatic N) is 2. The molecule has 0 amide bonds. The number of para-hydroxylation sites is 2. The second kappa shape index (κ2) is 6.06. The molecule has 3 nitrogen and oxygen atoms in total. The van der Waals surface area contributed by atoms with Crippen LogP contribution in [0.5, 0.6) is 0 Å². The molecular weight excluding hydrogens is 305 g/mol. The molecule has 2 aromatic carbocycles. The van der Waals surface area contributed by atoms with Gasteiger partial charge in [-0.3, -0.25) is 0 Å². The molecule has 0 aliphatic carbocycles. The predicted octanol–water partition coefficient (Wildman–Crippen LogP) is 3.91. The molecular formula is C16H15Cl2N3. The standard InChI is InChI=1S/C16H15Cl2N3/c17-12-6-5-11(14(18)8-12)7-13(19)9-21-10-20-15-3-1-2-4-16(15)21/h1-6,8,10,13H,7,9,19H2. The van der Waals surface area contributed by atoms with Crippen LogP contribution >= 0.6 is 23.2 Å². The molecule has 1 atom stereocenters. The number of fused-ring (bicyclic) bond motifs is 1. The average molecular weight is 320 g/mol. The molecule has 2 N–H and O–H groups in total. The van der Waals surface area contributed by atoms with Gasteiger partial charge in [0.2, 0.25) is 0 Å².